The van der Waals surface area contributed by atoms with Gasteiger partial charge in [0, 0.05) is 29.7 Å². The molecule has 1 aliphatic heterocycles. The monoisotopic (exact) mass is 478 g/mol. The maximum atomic E-state index is 13.3. The lowest BCUT2D eigenvalue weighted by Gasteiger charge is -2.26. The molecule has 32 heavy (non-hydrogen) atoms. The van der Waals surface area contributed by atoms with E-state index in [2.05, 4.69) is 10.3 Å². The number of sulfonamides is 1. The van der Waals surface area contributed by atoms with Crippen LogP contribution < -0.4 is 15.6 Å². The molecule has 0 bridgehead atoms. The van der Waals surface area contributed by atoms with E-state index in [1.54, 1.807) is 31.2 Å². The smallest absolute Gasteiger partial charge is 0.263 e. The van der Waals surface area contributed by atoms with E-state index in [0.717, 1.165) is 15.9 Å². The summed E-state index contributed by atoms with van der Waals surface area (Å²) < 4.78 is 39.4. The molecule has 1 fully saturated rings. The third-order valence-corrected chi connectivity index (χ3v) is 8.25. The zero-order chi connectivity index (χ0) is 22.9. The van der Waals surface area contributed by atoms with Crippen molar-refractivity contribution in [3.8, 4) is 5.75 Å². The molecule has 170 valence electrons. The summed E-state index contributed by atoms with van der Waals surface area (Å²) in [7, 11) is -2.38. The molecule has 3 heterocycles. The molecule has 1 aromatic carbocycles. The highest BCUT2D eigenvalue weighted by Gasteiger charge is 2.32. The molecular formula is C20H22N4O6S2. The van der Waals surface area contributed by atoms with Crippen LogP contribution in [0.2, 0.25) is 0 Å². The Morgan fingerprint density at radius 3 is 2.78 bits per heavy atom. The van der Waals surface area contributed by atoms with Gasteiger partial charge in [-0.15, -0.1) is 11.3 Å². The minimum atomic E-state index is -3.90. The van der Waals surface area contributed by atoms with Gasteiger partial charge in [-0.25, -0.2) is 13.4 Å². The van der Waals surface area contributed by atoms with Crippen molar-refractivity contribution in [3.63, 3.8) is 0 Å². The second kappa shape index (κ2) is 8.98. The number of anilines is 1. The summed E-state index contributed by atoms with van der Waals surface area (Å²) in [5.41, 5.74) is -0.0645. The van der Waals surface area contributed by atoms with E-state index in [1.165, 1.54) is 17.7 Å². The van der Waals surface area contributed by atoms with Crippen LogP contribution in [0.1, 0.15) is 4.88 Å². The lowest BCUT2D eigenvalue weighted by atomic mass is 10.3. The standard InChI is InChI=1S/C20H22N4O6S2/c1-13-18(32(27,28)24-6-8-30-9-7-24)17-19(31-13)21-12-23(20(17)26)11-16(25)22-14-4-3-5-15(10-14)29-2/h3-5,10,12H,6-9,11H2,1-2H3,(H,22,25). The first-order chi connectivity index (χ1) is 15.3. The first-order valence-electron chi connectivity index (χ1n) is 9.81. The Morgan fingerprint density at radius 2 is 2.06 bits per heavy atom. The van der Waals surface area contributed by atoms with Crippen molar-refractivity contribution in [2.75, 3.05) is 38.7 Å². The number of morpholine rings is 1. The molecule has 1 saturated heterocycles. The van der Waals surface area contributed by atoms with Gasteiger partial charge < -0.3 is 14.8 Å². The summed E-state index contributed by atoms with van der Waals surface area (Å²) in [5, 5.41) is 2.71. The Kier molecular flexibility index (Phi) is 6.29. The van der Waals surface area contributed by atoms with E-state index in [0.29, 0.717) is 34.4 Å². The highest BCUT2D eigenvalue weighted by molar-refractivity contribution is 7.89. The highest BCUT2D eigenvalue weighted by atomic mass is 32.2. The Labute approximate surface area is 188 Å². The predicted octanol–water partition coefficient (Wildman–Crippen LogP) is 1.43. The molecule has 0 unspecified atom stereocenters. The third-order valence-electron chi connectivity index (χ3n) is 5.03. The van der Waals surface area contributed by atoms with E-state index < -0.39 is 21.5 Å². The van der Waals surface area contributed by atoms with E-state index in [1.807, 2.05) is 0 Å². The van der Waals surface area contributed by atoms with E-state index in [-0.39, 0.29) is 29.9 Å². The van der Waals surface area contributed by atoms with Crippen molar-refractivity contribution >= 4 is 43.2 Å². The van der Waals surface area contributed by atoms with Crippen LogP contribution in [0.3, 0.4) is 0 Å². The summed E-state index contributed by atoms with van der Waals surface area (Å²) in [6.07, 6.45) is 1.26. The number of aryl methyl sites for hydroxylation is 1. The van der Waals surface area contributed by atoms with Crippen molar-refractivity contribution in [1.29, 1.82) is 0 Å². The summed E-state index contributed by atoms with van der Waals surface area (Å²) >= 11 is 1.14. The molecule has 10 nitrogen and oxygen atoms in total. The lowest BCUT2D eigenvalue weighted by molar-refractivity contribution is -0.116. The van der Waals surface area contributed by atoms with Crippen molar-refractivity contribution in [1.82, 2.24) is 13.9 Å². The minimum absolute atomic E-state index is 0.00988. The summed E-state index contributed by atoms with van der Waals surface area (Å²) in [6, 6.07) is 6.82. The fraction of sp³-hybridized carbons (Fsp3) is 0.350. The number of ether oxygens (including phenoxy) is 2. The lowest BCUT2D eigenvalue weighted by Crippen LogP contribution is -2.41. The number of aromatic nitrogens is 2. The van der Waals surface area contributed by atoms with Gasteiger partial charge in [0.05, 0.1) is 32.0 Å². The first-order valence-corrected chi connectivity index (χ1v) is 12.1. The molecule has 3 aromatic rings. The Hall–Kier alpha value is -2.80. The molecule has 12 heteroatoms. The van der Waals surface area contributed by atoms with Crippen molar-refractivity contribution in [2.24, 2.45) is 0 Å². The van der Waals surface area contributed by atoms with Crippen LogP contribution >= 0.6 is 11.3 Å². The highest BCUT2D eigenvalue weighted by Crippen LogP contribution is 2.33. The second-order valence-electron chi connectivity index (χ2n) is 7.14. The summed E-state index contributed by atoms with van der Waals surface area (Å²) in [5.74, 6) is 0.126. The van der Waals surface area contributed by atoms with Crippen LogP contribution in [-0.4, -0.2) is 61.6 Å². The van der Waals surface area contributed by atoms with Gasteiger partial charge in [-0.2, -0.15) is 4.31 Å². The number of nitrogens with one attached hydrogen (secondary N) is 1. The quantitative estimate of drug-likeness (QED) is 0.569. The van der Waals surface area contributed by atoms with Crippen LogP contribution in [0.15, 0.2) is 40.3 Å². The van der Waals surface area contributed by atoms with Crippen LogP contribution in [0, 0.1) is 6.92 Å². The number of thiophene rings is 1. The molecule has 1 aliphatic rings. The SMILES string of the molecule is COc1cccc(NC(=O)Cn2cnc3sc(C)c(S(=O)(=O)N4CCOCC4)c3c2=O)c1. The van der Waals surface area contributed by atoms with Gasteiger partial charge in [0.25, 0.3) is 5.56 Å². The number of benzene rings is 1. The van der Waals surface area contributed by atoms with Crippen LogP contribution in [0.4, 0.5) is 5.69 Å². The van der Waals surface area contributed by atoms with Gasteiger partial charge in [-0.3, -0.25) is 14.2 Å². The number of nitrogens with zero attached hydrogens (tertiary/aromatic N) is 3. The number of carbonyl (C=O) groups is 1. The number of carbonyl (C=O) groups excluding carboxylic acids is 1. The summed E-state index contributed by atoms with van der Waals surface area (Å²) in [6.45, 7) is 2.37. The van der Waals surface area contributed by atoms with Gasteiger partial charge in [0.1, 0.15) is 22.0 Å². The van der Waals surface area contributed by atoms with Crippen LogP contribution in [0.5, 0.6) is 5.75 Å². The predicted molar refractivity (Wildman–Crippen MR) is 120 cm³/mol. The fourth-order valence-corrected chi connectivity index (χ4v) is 6.58. The molecule has 0 spiro atoms. The number of hydrogen-bond donors (Lipinski definition) is 1. The zero-order valence-electron chi connectivity index (χ0n) is 17.5. The molecule has 4 rings (SSSR count). The fourth-order valence-electron chi connectivity index (χ4n) is 3.51. The Morgan fingerprint density at radius 1 is 1.31 bits per heavy atom. The van der Waals surface area contributed by atoms with Crippen molar-refractivity contribution in [2.45, 2.75) is 18.4 Å². The second-order valence-corrected chi connectivity index (χ2v) is 10.2. The van der Waals surface area contributed by atoms with Gasteiger partial charge in [-0.05, 0) is 19.1 Å². The van der Waals surface area contributed by atoms with Gasteiger partial charge in [0.15, 0.2) is 0 Å². The van der Waals surface area contributed by atoms with Crippen LogP contribution in [-0.2, 0) is 26.1 Å². The van der Waals surface area contributed by atoms with Gasteiger partial charge in [0.2, 0.25) is 15.9 Å². The summed E-state index contributed by atoms with van der Waals surface area (Å²) in [4.78, 5) is 30.7. The maximum Gasteiger partial charge on any atom is 0.263 e. The normalized spacial score (nSPS) is 15.1. The number of methoxy groups -OCH3 is 1. The molecular weight excluding hydrogens is 456 g/mol. The molecule has 0 atom stereocenters. The molecule has 0 saturated carbocycles. The number of amides is 1. The van der Waals surface area contributed by atoms with E-state index in [4.69, 9.17) is 9.47 Å². The third kappa shape index (κ3) is 4.26. The average Bonchev–Trinajstić information content (AvgIpc) is 3.14. The van der Waals surface area contributed by atoms with E-state index >= 15 is 0 Å². The molecule has 0 radical (unpaired) electrons. The van der Waals surface area contributed by atoms with Gasteiger partial charge >= 0.3 is 0 Å². The minimum Gasteiger partial charge on any atom is -0.497 e. The Bertz CT molecular complexity index is 1330. The van der Waals surface area contributed by atoms with Crippen molar-refractivity contribution in [3.05, 3.63) is 45.8 Å². The first kappa shape index (κ1) is 22.4. The van der Waals surface area contributed by atoms with Gasteiger partial charge in [-0.1, -0.05) is 6.07 Å². The van der Waals surface area contributed by atoms with Crippen molar-refractivity contribution < 1.29 is 22.7 Å². The number of hydrogen-bond acceptors (Lipinski definition) is 8. The molecule has 1 amide bonds. The maximum absolute atomic E-state index is 13.3. The molecule has 0 aliphatic carbocycles. The molecule has 2 aromatic heterocycles. The zero-order valence-corrected chi connectivity index (χ0v) is 19.2. The number of rotatable bonds is 6. The Balaban J connectivity index is 1.67. The van der Waals surface area contributed by atoms with Crippen LogP contribution in [0.25, 0.3) is 10.2 Å². The molecule has 1 N–H and O–H groups in total. The largest absolute Gasteiger partial charge is 0.497 e. The topological polar surface area (TPSA) is 120 Å². The number of fused-ring (bicyclic) bond motifs is 1. The van der Waals surface area contributed by atoms with E-state index in [9.17, 15) is 18.0 Å². The average molecular weight is 479 g/mol.